The molecule has 0 radical (unpaired) electrons. The minimum absolute atomic E-state index is 0.0189. The van der Waals surface area contributed by atoms with Gasteiger partial charge in [-0.3, -0.25) is 14.4 Å². The number of carbonyl (C=O) groups excluding carboxylic acids is 2. The Labute approximate surface area is 199 Å². The summed E-state index contributed by atoms with van der Waals surface area (Å²) in [4.78, 5) is 40.6. The van der Waals surface area contributed by atoms with Crippen molar-refractivity contribution in [2.75, 3.05) is 32.8 Å². The van der Waals surface area contributed by atoms with Crippen LogP contribution in [0.2, 0.25) is 0 Å². The number of hydrogen-bond acceptors (Lipinski definition) is 6. The molecule has 0 saturated carbocycles. The SMILES string of the molecule is CCOC(=O)[C@@H]1CCCN(C(=O)c2cn(CC)c3ccc(S(=O)(=O)N4CCCC4)cc3c2=O)C1. The maximum atomic E-state index is 13.4. The molecule has 2 aliphatic rings. The molecule has 1 aromatic carbocycles. The van der Waals surface area contributed by atoms with Gasteiger partial charge in [-0.25, -0.2) is 8.42 Å². The van der Waals surface area contributed by atoms with E-state index in [9.17, 15) is 22.8 Å². The Hall–Kier alpha value is -2.72. The lowest BCUT2D eigenvalue weighted by molar-refractivity contribution is -0.149. The van der Waals surface area contributed by atoms with Crippen molar-refractivity contribution in [3.8, 4) is 0 Å². The summed E-state index contributed by atoms with van der Waals surface area (Å²) in [5.74, 6) is -1.19. The second-order valence-corrected chi connectivity index (χ2v) is 10.7. The third-order valence-corrected chi connectivity index (χ3v) is 8.55. The van der Waals surface area contributed by atoms with Gasteiger partial charge in [-0.15, -0.1) is 0 Å². The van der Waals surface area contributed by atoms with E-state index in [-0.39, 0.29) is 35.0 Å². The van der Waals surface area contributed by atoms with Crippen molar-refractivity contribution in [3.05, 3.63) is 40.2 Å². The molecule has 9 nitrogen and oxygen atoms in total. The highest BCUT2D eigenvalue weighted by molar-refractivity contribution is 7.89. The van der Waals surface area contributed by atoms with Crippen LogP contribution in [0.4, 0.5) is 0 Å². The number of fused-ring (bicyclic) bond motifs is 1. The number of amides is 1. The van der Waals surface area contributed by atoms with Gasteiger partial charge in [0.25, 0.3) is 5.91 Å². The molecular formula is C24H31N3O6S. The fourth-order valence-electron chi connectivity index (χ4n) is 4.81. The van der Waals surface area contributed by atoms with E-state index in [1.165, 1.54) is 27.5 Å². The molecule has 3 heterocycles. The Morgan fingerprint density at radius 1 is 1.09 bits per heavy atom. The Balaban J connectivity index is 1.73. The maximum absolute atomic E-state index is 13.4. The number of pyridine rings is 1. The zero-order chi connectivity index (χ0) is 24.5. The second-order valence-electron chi connectivity index (χ2n) is 8.79. The number of esters is 1. The van der Waals surface area contributed by atoms with Crippen molar-refractivity contribution < 1.29 is 22.7 Å². The quantitative estimate of drug-likeness (QED) is 0.576. The van der Waals surface area contributed by atoms with E-state index < -0.39 is 27.3 Å². The number of aromatic nitrogens is 1. The summed E-state index contributed by atoms with van der Waals surface area (Å²) in [5.41, 5.74) is 0.0588. The molecule has 2 saturated heterocycles. The van der Waals surface area contributed by atoms with Crippen LogP contribution in [0.1, 0.15) is 49.9 Å². The molecule has 2 aromatic rings. The van der Waals surface area contributed by atoms with E-state index in [0.29, 0.717) is 44.5 Å². The molecule has 1 aromatic heterocycles. The Bertz CT molecular complexity index is 1260. The standard InChI is InChI=1S/C24H31N3O6S/c1-3-25-16-20(23(29)26-11-7-8-17(15-26)24(30)33-4-2)22(28)19-14-18(9-10-21(19)25)34(31,32)27-12-5-6-13-27/h9-10,14,16-17H,3-8,11-13,15H2,1-2H3/t17-/m1/s1. The van der Waals surface area contributed by atoms with Crippen molar-refractivity contribution in [1.29, 1.82) is 0 Å². The van der Waals surface area contributed by atoms with Gasteiger partial charge in [-0.2, -0.15) is 4.31 Å². The van der Waals surface area contributed by atoms with Crippen LogP contribution < -0.4 is 5.43 Å². The van der Waals surface area contributed by atoms with Crippen LogP contribution in [0, 0.1) is 5.92 Å². The first kappa shape index (κ1) is 24.4. The number of aryl methyl sites for hydroxylation is 1. The predicted molar refractivity (Wildman–Crippen MR) is 127 cm³/mol. The fraction of sp³-hybridized carbons (Fsp3) is 0.542. The minimum Gasteiger partial charge on any atom is -0.466 e. The number of hydrogen-bond donors (Lipinski definition) is 0. The number of carbonyl (C=O) groups is 2. The topological polar surface area (TPSA) is 106 Å². The number of piperidine rings is 1. The van der Waals surface area contributed by atoms with Crippen molar-refractivity contribution in [1.82, 2.24) is 13.8 Å². The number of likely N-dealkylation sites (tertiary alicyclic amines) is 1. The normalized spacial score (nSPS) is 19.5. The summed E-state index contributed by atoms with van der Waals surface area (Å²) in [5, 5.41) is 0.201. The average molecular weight is 490 g/mol. The van der Waals surface area contributed by atoms with Crippen molar-refractivity contribution in [2.45, 2.75) is 51.0 Å². The van der Waals surface area contributed by atoms with Crippen LogP contribution >= 0.6 is 0 Å². The van der Waals surface area contributed by atoms with Gasteiger partial charge in [-0.1, -0.05) is 0 Å². The van der Waals surface area contributed by atoms with E-state index in [1.807, 2.05) is 6.92 Å². The molecule has 0 spiro atoms. The molecule has 1 atom stereocenters. The lowest BCUT2D eigenvalue weighted by atomic mass is 9.97. The largest absolute Gasteiger partial charge is 0.466 e. The van der Waals surface area contributed by atoms with E-state index in [0.717, 1.165) is 12.8 Å². The molecular weight excluding hydrogens is 458 g/mol. The first-order chi connectivity index (χ1) is 16.3. The molecule has 34 heavy (non-hydrogen) atoms. The highest BCUT2D eigenvalue weighted by Gasteiger charge is 2.32. The summed E-state index contributed by atoms with van der Waals surface area (Å²) >= 11 is 0. The molecule has 1 amide bonds. The molecule has 2 aliphatic heterocycles. The van der Waals surface area contributed by atoms with Crippen molar-refractivity contribution >= 4 is 32.8 Å². The van der Waals surface area contributed by atoms with E-state index in [1.54, 1.807) is 17.6 Å². The van der Waals surface area contributed by atoms with Gasteiger partial charge in [0.2, 0.25) is 15.5 Å². The van der Waals surface area contributed by atoms with Crippen LogP contribution in [0.3, 0.4) is 0 Å². The van der Waals surface area contributed by atoms with Crippen LogP contribution in [0.25, 0.3) is 10.9 Å². The monoisotopic (exact) mass is 489 g/mol. The molecule has 4 rings (SSSR count). The molecule has 2 fully saturated rings. The van der Waals surface area contributed by atoms with Gasteiger partial charge in [0.1, 0.15) is 5.56 Å². The Kier molecular flexibility index (Phi) is 7.09. The Morgan fingerprint density at radius 3 is 2.50 bits per heavy atom. The highest BCUT2D eigenvalue weighted by Crippen LogP contribution is 2.25. The molecule has 184 valence electrons. The number of ether oxygens (including phenoxy) is 1. The van der Waals surface area contributed by atoms with E-state index in [2.05, 4.69) is 0 Å². The average Bonchev–Trinajstić information content (AvgIpc) is 3.40. The lowest BCUT2D eigenvalue weighted by Gasteiger charge is -2.31. The number of rotatable bonds is 6. The number of benzene rings is 1. The van der Waals surface area contributed by atoms with Gasteiger partial charge in [0.15, 0.2) is 0 Å². The second kappa shape index (κ2) is 9.87. The summed E-state index contributed by atoms with van der Waals surface area (Å²) in [6.07, 6.45) is 4.45. The summed E-state index contributed by atoms with van der Waals surface area (Å²) in [6.45, 7) is 5.99. The fourth-order valence-corrected chi connectivity index (χ4v) is 6.36. The van der Waals surface area contributed by atoms with Crippen molar-refractivity contribution in [2.24, 2.45) is 5.92 Å². The molecule has 0 unspecified atom stereocenters. The lowest BCUT2D eigenvalue weighted by Crippen LogP contribution is -2.44. The maximum Gasteiger partial charge on any atom is 0.310 e. The van der Waals surface area contributed by atoms with Gasteiger partial charge < -0.3 is 14.2 Å². The third kappa shape index (κ3) is 4.48. The number of nitrogens with zero attached hydrogens (tertiary/aromatic N) is 3. The molecule has 0 aliphatic carbocycles. The first-order valence-electron chi connectivity index (χ1n) is 11.9. The number of sulfonamides is 1. The first-order valence-corrected chi connectivity index (χ1v) is 13.3. The summed E-state index contributed by atoms with van der Waals surface area (Å²) in [7, 11) is -3.70. The minimum atomic E-state index is -3.70. The zero-order valence-electron chi connectivity index (χ0n) is 19.7. The molecule has 0 bridgehead atoms. The van der Waals surface area contributed by atoms with Gasteiger partial charge in [-0.05, 0) is 57.7 Å². The van der Waals surface area contributed by atoms with Crippen molar-refractivity contribution in [3.63, 3.8) is 0 Å². The van der Waals surface area contributed by atoms with Gasteiger partial charge >= 0.3 is 5.97 Å². The van der Waals surface area contributed by atoms with Crippen LogP contribution in [0.5, 0.6) is 0 Å². The van der Waals surface area contributed by atoms with Crippen LogP contribution in [-0.4, -0.2) is 66.9 Å². The third-order valence-electron chi connectivity index (χ3n) is 6.65. The van der Waals surface area contributed by atoms with E-state index in [4.69, 9.17) is 4.74 Å². The van der Waals surface area contributed by atoms with Crippen LogP contribution in [0.15, 0.2) is 34.1 Å². The summed E-state index contributed by atoms with van der Waals surface area (Å²) in [6, 6.07) is 4.55. The Morgan fingerprint density at radius 2 is 1.82 bits per heavy atom. The summed E-state index contributed by atoms with van der Waals surface area (Å²) < 4.78 is 34.5. The van der Waals surface area contributed by atoms with Gasteiger partial charge in [0, 0.05) is 44.3 Å². The van der Waals surface area contributed by atoms with Gasteiger partial charge in [0.05, 0.1) is 22.9 Å². The smallest absolute Gasteiger partial charge is 0.310 e. The predicted octanol–water partition coefficient (Wildman–Crippen LogP) is 2.22. The molecule has 10 heteroatoms. The van der Waals surface area contributed by atoms with Crippen LogP contribution in [-0.2, 0) is 26.1 Å². The van der Waals surface area contributed by atoms with E-state index >= 15 is 0 Å². The highest BCUT2D eigenvalue weighted by atomic mass is 32.2. The zero-order valence-corrected chi connectivity index (χ0v) is 20.5. The molecule has 0 N–H and O–H groups in total.